The van der Waals surface area contributed by atoms with Gasteiger partial charge in [0.25, 0.3) is 5.78 Å². The van der Waals surface area contributed by atoms with Crippen LogP contribution in [0.2, 0.25) is 0 Å². The van der Waals surface area contributed by atoms with E-state index in [2.05, 4.69) is 0 Å². The Labute approximate surface area is 130 Å². The molecule has 0 unspecified atom stereocenters. The SMILES string of the molecule is O=C(c1ccc2ccccc2c1N1CCSCC1)C(F)(F)F. The Bertz CT molecular complexity index is 708. The van der Waals surface area contributed by atoms with Gasteiger partial charge < -0.3 is 4.90 Å². The summed E-state index contributed by atoms with van der Waals surface area (Å²) in [7, 11) is 0. The van der Waals surface area contributed by atoms with Crippen molar-refractivity contribution < 1.29 is 18.0 Å². The number of carbonyl (C=O) groups excluding carboxylic acids is 1. The lowest BCUT2D eigenvalue weighted by atomic mass is 9.99. The van der Waals surface area contributed by atoms with Gasteiger partial charge in [0.05, 0.1) is 11.3 Å². The van der Waals surface area contributed by atoms with Crippen LogP contribution in [0.25, 0.3) is 10.8 Å². The average molecular weight is 325 g/mol. The first-order valence-corrected chi connectivity index (χ1v) is 8.10. The molecule has 6 heteroatoms. The summed E-state index contributed by atoms with van der Waals surface area (Å²) in [6, 6.07) is 10.1. The van der Waals surface area contributed by atoms with E-state index in [0.29, 0.717) is 24.2 Å². The number of alkyl halides is 3. The van der Waals surface area contributed by atoms with E-state index in [1.54, 1.807) is 30.0 Å². The molecular formula is C16H14F3NOS. The highest BCUT2D eigenvalue weighted by Gasteiger charge is 2.41. The number of carbonyl (C=O) groups is 1. The monoisotopic (exact) mass is 325 g/mol. The molecule has 1 aliphatic heterocycles. The molecule has 0 radical (unpaired) electrons. The molecule has 0 spiro atoms. The van der Waals surface area contributed by atoms with E-state index in [-0.39, 0.29) is 5.56 Å². The zero-order valence-electron chi connectivity index (χ0n) is 11.7. The van der Waals surface area contributed by atoms with Gasteiger partial charge in [-0.3, -0.25) is 4.79 Å². The number of halogens is 3. The standard InChI is InChI=1S/C16H14F3NOS/c17-16(18,19)15(21)13-6-5-11-3-1-2-4-12(11)14(13)20-7-9-22-10-8-20/h1-6H,7-10H2. The lowest BCUT2D eigenvalue weighted by Gasteiger charge is -2.31. The van der Waals surface area contributed by atoms with Crippen LogP contribution < -0.4 is 4.90 Å². The third-order valence-corrected chi connectivity index (χ3v) is 4.67. The minimum absolute atomic E-state index is 0.252. The summed E-state index contributed by atoms with van der Waals surface area (Å²) in [5.74, 6) is -0.0716. The fourth-order valence-corrected chi connectivity index (χ4v) is 3.62. The third kappa shape index (κ3) is 2.79. The number of benzene rings is 2. The number of hydrogen-bond acceptors (Lipinski definition) is 3. The number of rotatable bonds is 2. The molecule has 1 aliphatic rings. The number of Topliss-reactive ketones (excluding diaryl/α,β-unsaturated/α-hetero) is 1. The zero-order valence-corrected chi connectivity index (χ0v) is 12.5. The normalized spacial score (nSPS) is 16.0. The van der Waals surface area contributed by atoms with Gasteiger partial charge in [0.1, 0.15) is 0 Å². The number of nitrogens with zero attached hydrogens (tertiary/aromatic N) is 1. The van der Waals surface area contributed by atoms with Crippen LogP contribution in [0.4, 0.5) is 18.9 Å². The smallest absolute Gasteiger partial charge is 0.369 e. The maximum Gasteiger partial charge on any atom is 0.454 e. The minimum atomic E-state index is -4.86. The number of ketones is 1. The van der Waals surface area contributed by atoms with Crippen LogP contribution in [0.1, 0.15) is 10.4 Å². The van der Waals surface area contributed by atoms with E-state index in [4.69, 9.17) is 0 Å². The van der Waals surface area contributed by atoms with Gasteiger partial charge in [0.2, 0.25) is 0 Å². The van der Waals surface area contributed by atoms with Crippen LogP contribution in [0.5, 0.6) is 0 Å². The zero-order chi connectivity index (χ0) is 15.7. The maximum absolute atomic E-state index is 12.9. The van der Waals surface area contributed by atoms with Crippen LogP contribution in [0.3, 0.4) is 0 Å². The van der Waals surface area contributed by atoms with Gasteiger partial charge in [-0.25, -0.2) is 0 Å². The molecule has 0 aliphatic carbocycles. The van der Waals surface area contributed by atoms with E-state index in [1.165, 1.54) is 6.07 Å². The number of hydrogen-bond donors (Lipinski definition) is 0. The summed E-state index contributed by atoms with van der Waals surface area (Å²) in [6.07, 6.45) is -4.86. The van der Waals surface area contributed by atoms with Crippen LogP contribution in [0, 0.1) is 0 Å². The molecule has 1 heterocycles. The Morgan fingerprint density at radius 3 is 2.41 bits per heavy atom. The van der Waals surface area contributed by atoms with Crippen molar-refractivity contribution in [2.45, 2.75) is 6.18 Å². The first kappa shape index (κ1) is 15.2. The van der Waals surface area contributed by atoms with E-state index in [1.807, 2.05) is 17.0 Å². The largest absolute Gasteiger partial charge is 0.454 e. The summed E-state index contributed by atoms with van der Waals surface area (Å²) < 4.78 is 38.7. The third-order valence-electron chi connectivity index (χ3n) is 3.73. The Kier molecular flexibility index (Phi) is 4.04. The number of thioether (sulfide) groups is 1. The summed E-state index contributed by atoms with van der Waals surface area (Å²) in [5.41, 5.74) is 0.166. The van der Waals surface area contributed by atoms with Crippen molar-refractivity contribution in [2.24, 2.45) is 0 Å². The molecule has 0 aromatic heterocycles. The molecule has 0 amide bonds. The lowest BCUT2D eigenvalue weighted by Crippen LogP contribution is -2.35. The predicted octanol–water partition coefficient (Wildman–Crippen LogP) is 4.14. The van der Waals surface area contributed by atoms with Gasteiger partial charge in [-0.15, -0.1) is 0 Å². The van der Waals surface area contributed by atoms with Crippen molar-refractivity contribution in [2.75, 3.05) is 29.5 Å². The molecule has 0 atom stereocenters. The highest BCUT2D eigenvalue weighted by molar-refractivity contribution is 7.99. The van der Waals surface area contributed by atoms with Crippen LogP contribution in [-0.4, -0.2) is 36.6 Å². The Morgan fingerprint density at radius 2 is 1.73 bits per heavy atom. The summed E-state index contributed by atoms with van der Waals surface area (Å²) in [6.45, 7) is 1.30. The quantitative estimate of drug-likeness (QED) is 0.774. The molecule has 1 saturated heterocycles. The van der Waals surface area contributed by atoms with Crippen LogP contribution in [-0.2, 0) is 0 Å². The van der Waals surface area contributed by atoms with E-state index in [0.717, 1.165) is 16.9 Å². The van der Waals surface area contributed by atoms with Crippen molar-refractivity contribution in [1.82, 2.24) is 0 Å². The van der Waals surface area contributed by atoms with Gasteiger partial charge in [0, 0.05) is 30.0 Å². The number of fused-ring (bicyclic) bond motifs is 1. The van der Waals surface area contributed by atoms with Crippen molar-refractivity contribution in [3.8, 4) is 0 Å². The second-order valence-corrected chi connectivity index (χ2v) is 6.33. The minimum Gasteiger partial charge on any atom is -0.369 e. The second-order valence-electron chi connectivity index (χ2n) is 5.11. The van der Waals surface area contributed by atoms with Crippen LogP contribution in [0.15, 0.2) is 36.4 Å². The van der Waals surface area contributed by atoms with Gasteiger partial charge in [-0.2, -0.15) is 24.9 Å². The predicted molar refractivity (Wildman–Crippen MR) is 83.9 cm³/mol. The molecule has 0 bridgehead atoms. The molecule has 2 aromatic rings. The Balaban J connectivity index is 2.20. The van der Waals surface area contributed by atoms with Gasteiger partial charge in [-0.1, -0.05) is 30.3 Å². The molecule has 0 saturated carbocycles. The van der Waals surface area contributed by atoms with E-state index in [9.17, 15) is 18.0 Å². The highest BCUT2D eigenvalue weighted by Crippen LogP contribution is 2.35. The van der Waals surface area contributed by atoms with Crippen molar-refractivity contribution in [3.05, 3.63) is 42.0 Å². The van der Waals surface area contributed by atoms with E-state index < -0.39 is 12.0 Å². The van der Waals surface area contributed by atoms with E-state index >= 15 is 0 Å². The average Bonchev–Trinajstić information content (AvgIpc) is 2.53. The second kappa shape index (κ2) is 5.83. The first-order valence-electron chi connectivity index (χ1n) is 6.94. The molecule has 22 heavy (non-hydrogen) atoms. The summed E-state index contributed by atoms with van der Waals surface area (Å²) in [5, 5.41) is 1.54. The lowest BCUT2D eigenvalue weighted by molar-refractivity contribution is -0.0884. The molecule has 0 N–H and O–H groups in total. The van der Waals surface area contributed by atoms with Gasteiger partial charge >= 0.3 is 6.18 Å². The molecular weight excluding hydrogens is 311 g/mol. The summed E-state index contributed by atoms with van der Waals surface area (Å²) >= 11 is 1.77. The molecule has 2 aromatic carbocycles. The van der Waals surface area contributed by atoms with Crippen LogP contribution >= 0.6 is 11.8 Å². The molecule has 1 fully saturated rings. The van der Waals surface area contributed by atoms with Crippen molar-refractivity contribution >= 4 is 34.0 Å². The van der Waals surface area contributed by atoms with Gasteiger partial charge in [0.15, 0.2) is 0 Å². The molecule has 116 valence electrons. The fraction of sp³-hybridized carbons (Fsp3) is 0.312. The van der Waals surface area contributed by atoms with Gasteiger partial charge in [-0.05, 0) is 11.5 Å². The number of anilines is 1. The molecule has 2 nitrogen and oxygen atoms in total. The topological polar surface area (TPSA) is 20.3 Å². The highest BCUT2D eigenvalue weighted by atomic mass is 32.2. The first-order chi connectivity index (χ1) is 10.5. The fourth-order valence-electron chi connectivity index (χ4n) is 2.72. The molecule has 3 rings (SSSR count). The summed E-state index contributed by atoms with van der Waals surface area (Å²) in [4.78, 5) is 13.7. The van der Waals surface area contributed by atoms with Crippen molar-refractivity contribution in [3.63, 3.8) is 0 Å². The Hall–Kier alpha value is -1.69. The maximum atomic E-state index is 12.9. The van der Waals surface area contributed by atoms with Crippen molar-refractivity contribution in [1.29, 1.82) is 0 Å². The Morgan fingerprint density at radius 1 is 1.05 bits per heavy atom.